The molecule has 0 bridgehead atoms. The molecule has 0 radical (unpaired) electrons. The van der Waals surface area contributed by atoms with Gasteiger partial charge in [-0.3, -0.25) is 4.84 Å². The maximum Gasteiger partial charge on any atom is 0.0843 e. The van der Waals surface area contributed by atoms with Crippen molar-refractivity contribution in [2.24, 2.45) is 5.92 Å². The highest BCUT2D eigenvalue weighted by Crippen LogP contribution is 2.43. The Morgan fingerprint density at radius 1 is 1.10 bits per heavy atom. The molecule has 0 aromatic heterocycles. The van der Waals surface area contributed by atoms with E-state index < -0.39 is 0 Å². The molecule has 108 valence electrons. The van der Waals surface area contributed by atoms with Crippen LogP contribution in [0.5, 0.6) is 0 Å². The normalized spacial score (nSPS) is 30.8. The van der Waals surface area contributed by atoms with E-state index in [1.54, 1.807) is 0 Å². The predicted molar refractivity (Wildman–Crippen MR) is 82.2 cm³/mol. The number of hydrogen-bond donors (Lipinski definition) is 0. The molecule has 1 heterocycles. The zero-order valence-corrected chi connectivity index (χ0v) is 12.4. The van der Waals surface area contributed by atoms with Crippen molar-refractivity contribution >= 4 is 0 Å². The third kappa shape index (κ3) is 2.82. The van der Waals surface area contributed by atoms with Crippen molar-refractivity contribution in [2.45, 2.75) is 51.2 Å². The number of benzene rings is 1. The van der Waals surface area contributed by atoms with Gasteiger partial charge in [-0.1, -0.05) is 49.4 Å². The predicted octanol–water partition coefficient (Wildman–Crippen LogP) is 4.50. The molecule has 3 atom stereocenters. The molecule has 0 saturated carbocycles. The molecule has 1 aromatic carbocycles. The lowest BCUT2D eigenvalue weighted by atomic mass is 9.83. The van der Waals surface area contributed by atoms with Crippen LogP contribution in [0.2, 0.25) is 0 Å². The zero-order valence-electron chi connectivity index (χ0n) is 12.4. The van der Waals surface area contributed by atoms with Crippen molar-refractivity contribution < 1.29 is 4.84 Å². The average Bonchev–Trinajstić information content (AvgIpc) is 2.77. The third-order valence-corrected chi connectivity index (χ3v) is 4.50. The van der Waals surface area contributed by atoms with Crippen molar-refractivity contribution in [1.82, 2.24) is 5.06 Å². The Kier molecular flexibility index (Phi) is 4.54. The molecule has 0 spiro atoms. The van der Waals surface area contributed by atoms with Gasteiger partial charge in [0.1, 0.15) is 0 Å². The summed E-state index contributed by atoms with van der Waals surface area (Å²) in [6.45, 7) is 3.26. The van der Waals surface area contributed by atoms with Crippen LogP contribution in [-0.2, 0) is 4.84 Å². The van der Waals surface area contributed by atoms with Gasteiger partial charge in [0.15, 0.2) is 0 Å². The van der Waals surface area contributed by atoms with E-state index in [0.717, 1.165) is 25.8 Å². The largest absolute Gasteiger partial charge is 0.295 e. The van der Waals surface area contributed by atoms with Crippen LogP contribution < -0.4 is 0 Å². The highest BCUT2D eigenvalue weighted by Gasteiger charge is 2.42. The topological polar surface area (TPSA) is 12.5 Å². The lowest BCUT2D eigenvalue weighted by molar-refractivity contribution is -0.164. The van der Waals surface area contributed by atoms with Crippen molar-refractivity contribution in [1.29, 1.82) is 0 Å². The molecule has 1 aliphatic heterocycles. The fraction of sp³-hybridized carbons (Fsp3) is 0.556. The molecule has 0 amide bonds. The van der Waals surface area contributed by atoms with Crippen LogP contribution in [0.1, 0.15) is 50.6 Å². The summed E-state index contributed by atoms with van der Waals surface area (Å²) in [6, 6.07) is 11.3. The molecule has 2 aliphatic rings. The van der Waals surface area contributed by atoms with E-state index in [1.807, 2.05) is 0 Å². The Bertz CT molecular complexity index is 442. The van der Waals surface area contributed by atoms with Gasteiger partial charge in [-0.2, -0.15) is 5.06 Å². The first-order valence-corrected chi connectivity index (χ1v) is 8.03. The lowest BCUT2D eigenvalue weighted by Crippen LogP contribution is -2.25. The van der Waals surface area contributed by atoms with E-state index in [4.69, 9.17) is 4.84 Å². The molecule has 2 nitrogen and oxygen atoms in total. The molecule has 3 rings (SSSR count). The highest BCUT2D eigenvalue weighted by molar-refractivity contribution is 5.21. The van der Waals surface area contributed by atoms with Gasteiger partial charge >= 0.3 is 0 Å². The molecule has 0 N–H and O–H groups in total. The van der Waals surface area contributed by atoms with E-state index in [1.165, 1.54) is 18.4 Å². The van der Waals surface area contributed by atoms with E-state index in [9.17, 15) is 0 Å². The summed E-state index contributed by atoms with van der Waals surface area (Å²) >= 11 is 0. The van der Waals surface area contributed by atoms with Crippen LogP contribution in [0.25, 0.3) is 0 Å². The van der Waals surface area contributed by atoms with Crippen molar-refractivity contribution in [3.63, 3.8) is 0 Å². The van der Waals surface area contributed by atoms with Gasteiger partial charge in [0.05, 0.1) is 12.1 Å². The first-order valence-electron chi connectivity index (χ1n) is 8.03. The molecular formula is C18H25NO. The Labute approximate surface area is 122 Å². The van der Waals surface area contributed by atoms with Gasteiger partial charge < -0.3 is 0 Å². The van der Waals surface area contributed by atoms with Gasteiger partial charge in [0.25, 0.3) is 0 Å². The second kappa shape index (κ2) is 6.55. The van der Waals surface area contributed by atoms with Crippen LogP contribution in [-0.4, -0.2) is 17.7 Å². The van der Waals surface area contributed by atoms with Gasteiger partial charge in [-0.15, -0.1) is 0 Å². The van der Waals surface area contributed by atoms with Crippen molar-refractivity contribution in [3.05, 3.63) is 48.0 Å². The Morgan fingerprint density at radius 2 is 1.85 bits per heavy atom. The molecule has 3 unspecified atom stereocenters. The van der Waals surface area contributed by atoms with E-state index in [-0.39, 0.29) is 0 Å². The summed E-state index contributed by atoms with van der Waals surface area (Å²) in [7, 11) is 0. The molecule has 2 heteroatoms. The summed E-state index contributed by atoms with van der Waals surface area (Å²) in [5.74, 6) is 0.633. The molecule has 20 heavy (non-hydrogen) atoms. The summed E-state index contributed by atoms with van der Waals surface area (Å²) in [6.07, 6.45) is 10.9. The first-order chi connectivity index (χ1) is 9.90. The maximum atomic E-state index is 6.31. The summed E-state index contributed by atoms with van der Waals surface area (Å²) in [4.78, 5) is 6.31. The number of fused-ring (bicyclic) bond motifs is 1. The zero-order chi connectivity index (χ0) is 13.8. The first kappa shape index (κ1) is 13.8. The Hall–Kier alpha value is -1.12. The molecule has 1 saturated heterocycles. The number of nitrogens with zero attached hydrogens (tertiary/aromatic N) is 1. The second-order valence-corrected chi connectivity index (χ2v) is 5.93. The standard InChI is InChI=1S/C18H25NO/c1-2-14-19-18(15-10-6-5-7-11-15)16-12-8-3-4-9-13-17(16)20-19/h3-7,10-11,16-18H,2,8-9,12-14H2,1H3. The molecule has 1 aliphatic carbocycles. The average molecular weight is 271 g/mol. The number of rotatable bonds is 3. The molecule has 1 aromatic rings. The minimum atomic E-state index is 0.400. The monoisotopic (exact) mass is 271 g/mol. The fourth-order valence-electron chi connectivity index (χ4n) is 3.61. The van der Waals surface area contributed by atoms with Crippen LogP contribution in [0, 0.1) is 5.92 Å². The minimum Gasteiger partial charge on any atom is -0.295 e. The lowest BCUT2D eigenvalue weighted by Gasteiger charge is -2.26. The van der Waals surface area contributed by atoms with Gasteiger partial charge in [0, 0.05) is 12.5 Å². The van der Waals surface area contributed by atoms with Crippen LogP contribution >= 0.6 is 0 Å². The van der Waals surface area contributed by atoms with E-state index in [0.29, 0.717) is 18.1 Å². The van der Waals surface area contributed by atoms with Crippen molar-refractivity contribution in [3.8, 4) is 0 Å². The third-order valence-electron chi connectivity index (χ3n) is 4.50. The van der Waals surface area contributed by atoms with E-state index >= 15 is 0 Å². The van der Waals surface area contributed by atoms with Crippen LogP contribution in [0.3, 0.4) is 0 Å². The van der Waals surface area contributed by atoms with Gasteiger partial charge in [-0.05, 0) is 37.7 Å². The molecule has 1 fully saturated rings. The number of hydrogen-bond acceptors (Lipinski definition) is 2. The SMILES string of the molecule is CCCN1OC2CCC=CCCC2C1c1ccccc1. The number of allylic oxidation sites excluding steroid dienone is 2. The second-order valence-electron chi connectivity index (χ2n) is 5.93. The summed E-state index contributed by atoms with van der Waals surface area (Å²) in [5, 5.41) is 2.26. The quantitative estimate of drug-likeness (QED) is 0.750. The Balaban J connectivity index is 1.87. The smallest absolute Gasteiger partial charge is 0.0843 e. The van der Waals surface area contributed by atoms with Crippen LogP contribution in [0.4, 0.5) is 0 Å². The number of hydroxylamine groups is 2. The van der Waals surface area contributed by atoms with Crippen LogP contribution in [0.15, 0.2) is 42.5 Å². The minimum absolute atomic E-state index is 0.400. The fourth-order valence-corrected chi connectivity index (χ4v) is 3.61. The summed E-state index contributed by atoms with van der Waals surface area (Å²) in [5.41, 5.74) is 1.41. The van der Waals surface area contributed by atoms with E-state index in [2.05, 4.69) is 54.5 Å². The maximum absolute atomic E-state index is 6.31. The van der Waals surface area contributed by atoms with Gasteiger partial charge in [-0.25, -0.2) is 0 Å². The Morgan fingerprint density at radius 3 is 2.60 bits per heavy atom. The highest BCUT2D eigenvalue weighted by atomic mass is 16.7. The van der Waals surface area contributed by atoms with Gasteiger partial charge in [0.2, 0.25) is 0 Å². The molecular weight excluding hydrogens is 246 g/mol. The summed E-state index contributed by atoms with van der Waals surface area (Å²) < 4.78 is 0. The van der Waals surface area contributed by atoms with Crippen molar-refractivity contribution in [2.75, 3.05) is 6.54 Å².